The highest BCUT2D eigenvalue weighted by molar-refractivity contribution is 5.59. The molecule has 0 bridgehead atoms. The molecule has 0 amide bonds. The van der Waals surface area contributed by atoms with Crippen LogP contribution in [0.3, 0.4) is 0 Å². The van der Waals surface area contributed by atoms with E-state index in [0.717, 1.165) is 11.3 Å². The summed E-state index contributed by atoms with van der Waals surface area (Å²) >= 11 is 0. The first-order valence-corrected chi connectivity index (χ1v) is 4.46. The van der Waals surface area contributed by atoms with Crippen LogP contribution in [0.1, 0.15) is 0 Å². The van der Waals surface area contributed by atoms with Gasteiger partial charge in [-0.25, -0.2) is 4.98 Å². The molecule has 15 heavy (non-hydrogen) atoms. The third kappa shape index (κ3) is 2.04. The molecule has 0 aliphatic rings. The lowest BCUT2D eigenvalue weighted by Crippen LogP contribution is -1.92. The maximum absolute atomic E-state index is 9.15. The number of phenolic OH excluding ortho intramolecular Hbond substituents is 1. The first kappa shape index (κ1) is 9.45. The molecule has 1 N–H and O–H groups in total. The van der Waals surface area contributed by atoms with Gasteiger partial charge in [0, 0.05) is 11.8 Å². The lowest BCUT2D eigenvalue weighted by Gasteiger charge is -2.02. The lowest BCUT2D eigenvalue weighted by atomic mass is 10.1. The van der Waals surface area contributed by atoms with Gasteiger partial charge in [0.05, 0.1) is 12.8 Å². The average molecular weight is 202 g/mol. The van der Waals surface area contributed by atoms with Gasteiger partial charge in [0.25, 0.3) is 0 Å². The molecule has 0 spiro atoms. The molecule has 1 heterocycles. The summed E-state index contributed by atoms with van der Waals surface area (Å²) in [7, 11) is 1.52. The minimum atomic E-state index is 0.236. The van der Waals surface area contributed by atoms with Crippen LogP contribution >= 0.6 is 0 Å². The number of hydrogen-bond acceptors (Lipinski definition) is 4. The van der Waals surface area contributed by atoms with Gasteiger partial charge in [-0.2, -0.15) is 4.98 Å². The smallest absolute Gasteiger partial charge is 0.316 e. The monoisotopic (exact) mass is 202 g/mol. The van der Waals surface area contributed by atoms with Crippen molar-refractivity contribution < 1.29 is 9.84 Å². The van der Waals surface area contributed by atoms with Crippen molar-refractivity contribution in [2.75, 3.05) is 7.11 Å². The zero-order valence-electron chi connectivity index (χ0n) is 8.21. The fourth-order valence-corrected chi connectivity index (χ4v) is 1.23. The fourth-order valence-electron chi connectivity index (χ4n) is 1.23. The Bertz CT molecular complexity index is 454. The van der Waals surface area contributed by atoms with E-state index in [0.29, 0.717) is 6.01 Å². The van der Waals surface area contributed by atoms with Crippen LogP contribution in [-0.2, 0) is 0 Å². The van der Waals surface area contributed by atoms with E-state index < -0.39 is 0 Å². The second kappa shape index (κ2) is 3.96. The largest absolute Gasteiger partial charge is 0.508 e. The van der Waals surface area contributed by atoms with E-state index in [2.05, 4.69) is 9.97 Å². The molecule has 76 valence electrons. The SMILES string of the molecule is COc1nccc(-c2ccc(O)cc2)n1. The molecule has 4 nitrogen and oxygen atoms in total. The second-order valence-electron chi connectivity index (χ2n) is 2.98. The number of aromatic hydroxyl groups is 1. The molecule has 0 aliphatic heterocycles. The Morgan fingerprint density at radius 3 is 2.53 bits per heavy atom. The number of methoxy groups -OCH3 is 1. The summed E-state index contributed by atoms with van der Waals surface area (Å²) in [5.74, 6) is 0.236. The quantitative estimate of drug-likeness (QED) is 0.807. The number of ether oxygens (including phenoxy) is 1. The van der Waals surface area contributed by atoms with Crippen LogP contribution in [0.5, 0.6) is 11.8 Å². The molecule has 1 aromatic heterocycles. The van der Waals surface area contributed by atoms with E-state index >= 15 is 0 Å². The van der Waals surface area contributed by atoms with E-state index in [1.807, 2.05) is 0 Å². The van der Waals surface area contributed by atoms with Crippen LogP contribution < -0.4 is 4.74 Å². The second-order valence-corrected chi connectivity index (χ2v) is 2.98. The molecule has 2 aromatic rings. The summed E-state index contributed by atoms with van der Waals surface area (Å²) in [6.07, 6.45) is 1.63. The van der Waals surface area contributed by atoms with Gasteiger partial charge in [0.1, 0.15) is 5.75 Å². The van der Waals surface area contributed by atoms with Crippen LogP contribution in [0.4, 0.5) is 0 Å². The molecule has 4 heteroatoms. The minimum absolute atomic E-state index is 0.236. The van der Waals surface area contributed by atoms with Gasteiger partial charge in [-0.15, -0.1) is 0 Å². The predicted molar refractivity (Wildman–Crippen MR) is 55.7 cm³/mol. The van der Waals surface area contributed by atoms with E-state index in [9.17, 15) is 0 Å². The van der Waals surface area contributed by atoms with E-state index in [1.165, 1.54) is 7.11 Å². The average Bonchev–Trinajstić information content (AvgIpc) is 2.30. The van der Waals surface area contributed by atoms with E-state index in [1.54, 1.807) is 36.5 Å². The van der Waals surface area contributed by atoms with Crippen molar-refractivity contribution in [2.24, 2.45) is 0 Å². The lowest BCUT2D eigenvalue weighted by molar-refractivity contribution is 0.380. The van der Waals surface area contributed by atoms with Crippen LogP contribution in [0.2, 0.25) is 0 Å². The third-order valence-electron chi connectivity index (χ3n) is 1.98. The summed E-state index contributed by atoms with van der Waals surface area (Å²) < 4.78 is 4.93. The summed E-state index contributed by atoms with van der Waals surface area (Å²) in [5.41, 5.74) is 1.68. The molecule has 0 saturated heterocycles. The highest BCUT2D eigenvalue weighted by atomic mass is 16.5. The van der Waals surface area contributed by atoms with E-state index in [-0.39, 0.29) is 5.75 Å². The van der Waals surface area contributed by atoms with Gasteiger partial charge in [-0.1, -0.05) is 0 Å². The molecule has 0 fully saturated rings. The van der Waals surface area contributed by atoms with Crippen LogP contribution in [0.25, 0.3) is 11.3 Å². The van der Waals surface area contributed by atoms with Crippen LogP contribution in [0, 0.1) is 0 Å². The van der Waals surface area contributed by atoms with Crippen molar-refractivity contribution in [3.8, 4) is 23.0 Å². The zero-order chi connectivity index (χ0) is 10.7. The van der Waals surface area contributed by atoms with Gasteiger partial charge >= 0.3 is 6.01 Å². The fraction of sp³-hybridized carbons (Fsp3) is 0.0909. The van der Waals surface area contributed by atoms with Crippen molar-refractivity contribution >= 4 is 0 Å². The van der Waals surface area contributed by atoms with E-state index in [4.69, 9.17) is 9.84 Å². The number of nitrogens with zero attached hydrogens (tertiary/aromatic N) is 2. The maximum atomic E-state index is 9.15. The van der Waals surface area contributed by atoms with Crippen molar-refractivity contribution in [1.29, 1.82) is 0 Å². The van der Waals surface area contributed by atoms with Crippen molar-refractivity contribution in [1.82, 2.24) is 9.97 Å². The highest BCUT2D eigenvalue weighted by Gasteiger charge is 2.01. The van der Waals surface area contributed by atoms with Gasteiger partial charge in [-0.05, 0) is 30.3 Å². The molecule has 2 rings (SSSR count). The maximum Gasteiger partial charge on any atom is 0.316 e. The van der Waals surface area contributed by atoms with Crippen LogP contribution in [-0.4, -0.2) is 22.2 Å². The Morgan fingerprint density at radius 2 is 1.87 bits per heavy atom. The predicted octanol–water partition coefficient (Wildman–Crippen LogP) is 1.86. The number of aromatic nitrogens is 2. The van der Waals surface area contributed by atoms with Gasteiger partial charge in [-0.3, -0.25) is 0 Å². The first-order valence-electron chi connectivity index (χ1n) is 4.46. The molecule has 0 saturated carbocycles. The molecule has 0 aliphatic carbocycles. The van der Waals surface area contributed by atoms with Crippen molar-refractivity contribution in [3.63, 3.8) is 0 Å². The normalized spacial score (nSPS) is 9.93. The van der Waals surface area contributed by atoms with Gasteiger partial charge in [0.15, 0.2) is 0 Å². The molecule has 0 atom stereocenters. The summed E-state index contributed by atoms with van der Waals surface area (Å²) in [6.45, 7) is 0. The molecular weight excluding hydrogens is 192 g/mol. The van der Waals surface area contributed by atoms with Gasteiger partial charge < -0.3 is 9.84 Å². The number of hydrogen-bond donors (Lipinski definition) is 1. The Hall–Kier alpha value is -2.10. The Labute approximate surface area is 87.2 Å². The molecular formula is C11H10N2O2. The minimum Gasteiger partial charge on any atom is -0.508 e. The molecule has 0 unspecified atom stereocenters. The summed E-state index contributed by atoms with van der Waals surface area (Å²) in [6, 6.07) is 8.93. The summed E-state index contributed by atoms with van der Waals surface area (Å²) in [4.78, 5) is 8.09. The number of rotatable bonds is 2. The molecule has 0 radical (unpaired) electrons. The standard InChI is InChI=1S/C11H10N2O2/c1-15-11-12-7-6-10(13-11)8-2-4-9(14)5-3-8/h2-7,14H,1H3. The highest BCUT2D eigenvalue weighted by Crippen LogP contribution is 2.20. The Morgan fingerprint density at radius 1 is 1.13 bits per heavy atom. The number of phenols is 1. The number of benzene rings is 1. The Kier molecular flexibility index (Phi) is 2.49. The zero-order valence-corrected chi connectivity index (χ0v) is 8.21. The third-order valence-corrected chi connectivity index (χ3v) is 1.98. The topological polar surface area (TPSA) is 55.2 Å². The molecule has 1 aromatic carbocycles. The van der Waals surface area contributed by atoms with Crippen molar-refractivity contribution in [3.05, 3.63) is 36.5 Å². The van der Waals surface area contributed by atoms with Crippen LogP contribution in [0.15, 0.2) is 36.5 Å². The Balaban J connectivity index is 2.40. The first-order chi connectivity index (χ1) is 7.29. The summed E-state index contributed by atoms with van der Waals surface area (Å²) in [5, 5.41) is 9.15. The van der Waals surface area contributed by atoms with Crippen molar-refractivity contribution in [2.45, 2.75) is 0 Å². The van der Waals surface area contributed by atoms with Gasteiger partial charge in [0.2, 0.25) is 0 Å².